The number of aryl methyl sites for hydroxylation is 2. The molecule has 0 bridgehead atoms. The largest absolute Gasteiger partial charge is 0.342 e. The van der Waals surface area contributed by atoms with Gasteiger partial charge in [-0.05, 0) is 50.3 Å². The molecule has 1 aliphatic rings. The van der Waals surface area contributed by atoms with Crippen molar-refractivity contribution in [1.82, 2.24) is 4.90 Å². The van der Waals surface area contributed by atoms with Crippen LogP contribution in [-0.2, 0) is 9.59 Å². The maximum atomic E-state index is 12.6. The quantitative estimate of drug-likeness (QED) is 0.801. The van der Waals surface area contributed by atoms with Crippen LogP contribution in [0.2, 0.25) is 5.02 Å². The minimum Gasteiger partial charge on any atom is -0.342 e. The lowest BCUT2D eigenvalue weighted by atomic mass is 10.1. The molecule has 2 amide bonds. The van der Waals surface area contributed by atoms with Crippen LogP contribution in [0.1, 0.15) is 44.2 Å². The summed E-state index contributed by atoms with van der Waals surface area (Å²) in [7, 11) is 0. The molecule has 4 nitrogen and oxygen atoms in total. The highest BCUT2D eigenvalue weighted by Gasteiger charge is 2.49. The van der Waals surface area contributed by atoms with E-state index in [0.717, 1.165) is 37.1 Å². The molecule has 1 saturated carbocycles. The second kappa shape index (κ2) is 8.02. The first-order valence-corrected chi connectivity index (χ1v) is 9.13. The van der Waals surface area contributed by atoms with E-state index in [2.05, 4.69) is 19.2 Å². The summed E-state index contributed by atoms with van der Waals surface area (Å²) in [4.78, 5) is 26.9. The number of halogens is 1. The molecule has 0 saturated heterocycles. The molecule has 0 radical (unpaired) electrons. The number of amides is 2. The van der Waals surface area contributed by atoms with Gasteiger partial charge in [0.1, 0.15) is 0 Å². The fourth-order valence-corrected chi connectivity index (χ4v) is 3.52. The van der Waals surface area contributed by atoms with Crippen molar-refractivity contribution in [3.63, 3.8) is 0 Å². The predicted molar refractivity (Wildman–Crippen MR) is 98.3 cm³/mol. The van der Waals surface area contributed by atoms with Crippen molar-refractivity contribution in [3.05, 3.63) is 28.3 Å². The topological polar surface area (TPSA) is 49.4 Å². The van der Waals surface area contributed by atoms with Crippen molar-refractivity contribution >= 4 is 29.1 Å². The Balaban J connectivity index is 2.00. The van der Waals surface area contributed by atoms with E-state index in [9.17, 15) is 9.59 Å². The van der Waals surface area contributed by atoms with Gasteiger partial charge in [-0.3, -0.25) is 9.59 Å². The number of nitrogens with zero attached hydrogens (tertiary/aromatic N) is 1. The molecule has 1 aromatic rings. The fraction of sp³-hybridized carbons (Fsp3) is 0.579. The third kappa shape index (κ3) is 4.29. The molecule has 2 rings (SSSR count). The van der Waals surface area contributed by atoms with Crippen LogP contribution in [0.15, 0.2) is 12.1 Å². The van der Waals surface area contributed by atoms with E-state index in [1.807, 2.05) is 30.9 Å². The van der Waals surface area contributed by atoms with E-state index < -0.39 is 0 Å². The zero-order valence-electron chi connectivity index (χ0n) is 15.0. The summed E-state index contributed by atoms with van der Waals surface area (Å²) in [5, 5.41) is 3.46. The molecule has 5 heteroatoms. The summed E-state index contributed by atoms with van der Waals surface area (Å²) in [5.41, 5.74) is 2.66. The van der Waals surface area contributed by atoms with Crippen LogP contribution >= 0.6 is 11.6 Å². The summed E-state index contributed by atoms with van der Waals surface area (Å²) in [5.74, 6) is -0.390. The Morgan fingerprint density at radius 1 is 1.17 bits per heavy atom. The van der Waals surface area contributed by atoms with Gasteiger partial charge in [-0.1, -0.05) is 31.5 Å². The highest BCUT2D eigenvalue weighted by Crippen LogP contribution is 2.41. The summed E-state index contributed by atoms with van der Waals surface area (Å²) in [6, 6.07) is 3.82. The van der Waals surface area contributed by atoms with Crippen LogP contribution in [0.4, 0.5) is 5.69 Å². The number of hydrogen-bond donors (Lipinski definition) is 1. The number of benzene rings is 1. The highest BCUT2D eigenvalue weighted by atomic mass is 35.5. The summed E-state index contributed by atoms with van der Waals surface area (Å²) in [6.07, 6.45) is 2.51. The number of carbonyl (C=O) groups excluding carboxylic acids is 2. The van der Waals surface area contributed by atoms with Crippen molar-refractivity contribution < 1.29 is 9.59 Å². The number of hydrogen-bond acceptors (Lipinski definition) is 2. The zero-order valence-corrected chi connectivity index (χ0v) is 15.7. The summed E-state index contributed by atoms with van der Waals surface area (Å²) >= 11 is 6.25. The lowest BCUT2D eigenvalue weighted by Crippen LogP contribution is -2.34. The van der Waals surface area contributed by atoms with Crippen LogP contribution in [0.5, 0.6) is 0 Å². The number of nitrogens with one attached hydrogen (secondary N) is 1. The third-order valence-electron chi connectivity index (χ3n) is 4.42. The third-order valence-corrected chi connectivity index (χ3v) is 4.72. The van der Waals surface area contributed by atoms with Gasteiger partial charge in [0.05, 0.1) is 22.5 Å². The Bertz CT molecular complexity index is 601. The SMILES string of the molecule is CCCN(CCC)C(=O)C1CC1C(=O)Nc1c(C)cc(C)cc1Cl. The minimum absolute atomic E-state index is 0.102. The second-order valence-corrected chi connectivity index (χ2v) is 7.11. The van der Waals surface area contributed by atoms with Crippen LogP contribution in [-0.4, -0.2) is 29.8 Å². The van der Waals surface area contributed by atoms with Gasteiger partial charge in [0, 0.05) is 13.1 Å². The first-order chi connectivity index (χ1) is 11.4. The molecule has 0 spiro atoms. The highest BCUT2D eigenvalue weighted by molar-refractivity contribution is 6.34. The van der Waals surface area contributed by atoms with Gasteiger partial charge >= 0.3 is 0 Å². The molecule has 0 heterocycles. The molecule has 132 valence electrons. The Morgan fingerprint density at radius 3 is 2.33 bits per heavy atom. The average molecular weight is 351 g/mol. The first kappa shape index (κ1) is 18.8. The maximum absolute atomic E-state index is 12.6. The van der Waals surface area contributed by atoms with E-state index in [-0.39, 0.29) is 23.7 Å². The van der Waals surface area contributed by atoms with Crippen molar-refractivity contribution in [2.24, 2.45) is 11.8 Å². The number of anilines is 1. The lowest BCUT2D eigenvalue weighted by molar-refractivity contribution is -0.134. The number of rotatable bonds is 7. The van der Waals surface area contributed by atoms with Crippen molar-refractivity contribution in [2.75, 3.05) is 18.4 Å². The standard InChI is InChI=1S/C19H27ClN2O2/c1-5-7-22(8-6-2)19(24)15-11-14(15)18(23)21-17-13(4)9-12(3)10-16(17)20/h9-10,14-15H,5-8,11H2,1-4H3,(H,21,23). The van der Waals surface area contributed by atoms with Gasteiger partial charge in [0.2, 0.25) is 11.8 Å². The molecular weight excluding hydrogens is 324 g/mol. The molecule has 1 aromatic carbocycles. The Kier molecular flexibility index (Phi) is 6.27. The summed E-state index contributed by atoms with van der Waals surface area (Å²) < 4.78 is 0. The van der Waals surface area contributed by atoms with E-state index >= 15 is 0 Å². The van der Waals surface area contributed by atoms with E-state index in [4.69, 9.17) is 11.6 Å². The fourth-order valence-electron chi connectivity index (χ4n) is 3.15. The van der Waals surface area contributed by atoms with Gasteiger partial charge in [-0.25, -0.2) is 0 Å². The van der Waals surface area contributed by atoms with Gasteiger partial charge in [0.25, 0.3) is 0 Å². The maximum Gasteiger partial charge on any atom is 0.228 e. The van der Waals surface area contributed by atoms with Gasteiger partial charge in [0.15, 0.2) is 0 Å². The van der Waals surface area contributed by atoms with Crippen LogP contribution in [0.3, 0.4) is 0 Å². The van der Waals surface area contributed by atoms with Gasteiger partial charge in [-0.2, -0.15) is 0 Å². The normalized spacial score (nSPS) is 19.0. The van der Waals surface area contributed by atoms with Crippen molar-refractivity contribution in [1.29, 1.82) is 0 Å². The molecule has 24 heavy (non-hydrogen) atoms. The Hall–Kier alpha value is -1.55. The molecule has 1 N–H and O–H groups in total. The smallest absolute Gasteiger partial charge is 0.228 e. The molecule has 0 aromatic heterocycles. The van der Waals surface area contributed by atoms with E-state index in [1.165, 1.54) is 0 Å². The molecule has 1 aliphatic carbocycles. The summed E-state index contributed by atoms with van der Waals surface area (Å²) in [6.45, 7) is 9.55. The number of carbonyl (C=O) groups is 2. The molecule has 1 fully saturated rings. The molecule has 0 aliphatic heterocycles. The predicted octanol–water partition coefficient (Wildman–Crippen LogP) is 4.18. The zero-order chi connectivity index (χ0) is 17.9. The average Bonchev–Trinajstić information content (AvgIpc) is 3.30. The van der Waals surface area contributed by atoms with Crippen molar-refractivity contribution in [2.45, 2.75) is 47.0 Å². The van der Waals surface area contributed by atoms with Crippen LogP contribution < -0.4 is 5.32 Å². The Morgan fingerprint density at radius 2 is 1.79 bits per heavy atom. The van der Waals surface area contributed by atoms with Gasteiger partial charge < -0.3 is 10.2 Å². The molecule has 2 unspecified atom stereocenters. The van der Waals surface area contributed by atoms with Crippen LogP contribution in [0, 0.1) is 25.7 Å². The second-order valence-electron chi connectivity index (χ2n) is 6.70. The lowest BCUT2D eigenvalue weighted by Gasteiger charge is -2.21. The van der Waals surface area contributed by atoms with E-state index in [1.54, 1.807) is 0 Å². The molecular formula is C19H27ClN2O2. The van der Waals surface area contributed by atoms with E-state index in [0.29, 0.717) is 17.1 Å². The Labute approximate surface area is 149 Å². The van der Waals surface area contributed by atoms with Crippen LogP contribution in [0.25, 0.3) is 0 Å². The first-order valence-electron chi connectivity index (χ1n) is 8.75. The van der Waals surface area contributed by atoms with Gasteiger partial charge in [-0.15, -0.1) is 0 Å². The minimum atomic E-state index is -0.231. The molecule has 2 atom stereocenters. The van der Waals surface area contributed by atoms with Crippen molar-refractivity contribution in [3.8, 4) is 0 Å². The monoisotopic (exact) mass is 350 g/mol.